The lowest BCUT2D eigenvalue weighted by Gasteiger charge is -2.34. The van der Waals surface area contributed by atoms with Crippen molar-refractivity contribution in [3.8, 4) is 11.5 Å². The van der Waals surface area contributed by atoms with Gasteiger partial charge in [0.25, 0.3) is 0 Å². The molecule has 0 aromatic heterocycles. The Hall–Kier alpha value is -3.22. The number of benzene rings is 3. The van der Waals surface area contributed by atoms with Crippen LogP contribution < -0.4 is 14.8 Å². The van der Waals surface area contributed by atoms with Crippen LogP contribution in [-0.2, 0) is 29.0 Å². The summed E-state index contributed by atoms with van der Waals surface area (Å²) in [5.41, 5.74) is 2.24. The average Bonchev–Trinajstić information content (AvgIpc) is 3.34. The summed E-state index contributed by atoms with van der Waals surface area (Å²) in [5.74, 6) is 1.02. The molecule has 1 atom stereocenters. The van der Waals surface area contributed by atoms with Gasteiger partial charge in [-0.05, 0) is 68.1 Å². The highest BCUT2D eigenvalue weighted by Gasteiger charge is 2.32. The van der Waals surface area contributed by atoms with Crippen molar-refractivity contribution >= 4 is 35.0 Å². The molecule has 1 heterocycles. The molecule has 3 aromatic rings. The number of amides is 2. The van der Waals surface area contributed by atoms with E-state index in [0.29, 0.717) is 34.4 Å². The molecule has 1 N–H and O–H groups in total. The minimum absolute atomic E-state index is 0.140. The summed E-state index contributed by atoms with van der Waals surface area (Å²) < 4.78 is 10.9. The molecule has 0 aliphatic carbocycles. The molecule has 3 aromatic carbocycles. The molecule has 1 unspecified atom stereocenters. The van der Waals surface area contributed by atoms with Crippen molar-refractivity contribution < 1.29 is 19.1 Å². The van der Waals surface area contributed by atoms with Gasteiger partial charge in [0.2, 0.25) is 18.6 Å². The van der Waals surface area contributed by atoms with Crippen LogP contribution in [0.1, 0.15) is 43.9 Å². The van der Waals surface area contributed by atoms with Crippen molar-refractivity contribution in [1.82, 2.24) is 10.2 Å². The first-order valence-electron chi connectivity index (χ1n) is 12.6. The first kappa shape index (κ1) is 27.8. The number of nitrogens with zero attached hydrogens (tertiary/aromatic N) is 1. The number of carbonyl (C=O) groups excluding carboxylic acids is 2. The first-order valence-corrected chi connectivity index (χ1v) is 13.3. The van der Waals surface area contributed by atoms with Crippen LogP contribution in [0.15, 0.2) is 66.7 Å². The van der Waals surface area contributed by atoms with Crippen molar-refractivity contribution in [3.63, 3.8) is 0 Å². The number of rotatable bonds is 9. The maximum atomic E-state index is 13.8. The molecule has 4 rings (SSSR count). The normalized spacial score (nSPS) is 13.2. The van der Waals surface area contributed by atoms with Crippen LogP contribution in [0.4, 0.5) is 0 Å². The van der Waals surface area contributed by atoms with Gasteiger partial charge in [-0.25, -0.2) is 0 Å². The summed E-state index contributed by atoms with van der Waals surface area (Å²) in [6, 6.07) is 19.9. The Morgan fingerprint density at radius 3 is 2.32 bits per heavy atom. The Bertz CT molecular complexity index is 1290. The summed E-state index contributed by atoms with van der Waals surface area (Å²) >= 11 is 12.4. The van der Waals surface area contributed by atoms with E-state index < -0.39 is 11.6 Å². The number of halogens is 2. The Morgan fingerprint density at radius 1 is 0.895 bits per heavy atom. The first-order chi connectivity index (χ1) is 18.1. The molecule has 6 nitrogen and oxygen atoms in total. The fourth-order valence-corrected chi connectivity index (χ4v) is 4.65. The third-order valence-corrected chi connectivity index (χ3v) is 6.91. The van der Waals surface area contributed by atoms with E-state index in [4.69, 9.17) is 32.7 Å². The molecular weight excluding hydrogens is 523 g/mol. The van der Waals surface area contributed by atoms with Gasteiger partial charge in [-0.15, -0.1) is 0 Å². The van der Waals surface area contributed by atoms with E-state index in [1.807, 2.05) is 75.4 Å². The molecule has 8 heteroatoms. The quantitative estimate of drug-likeness (QED) is 0.341. The number of fused-ring (bicyclic) bond motifs is 1. The molecule has 1 aliphatic rings. The van der Waals surface area contributed by atoms with Crippen LogP contribution in [0.3, 0.4) is 0 Å². The molecule has 0 radical (unpaired) electrons. The third kappa shape index (κ3) is 7.42. The summed E-state index contributed by atoms with van der Waals surface area (Å²) in [7, 11) is 0. The van der Waals surface area contributed by atoms with E-state index in [9.17, 15) is 9.59 Å². The number of aryl methyl sites for hydroxylation is 1. The number of hydrogen-bond donors (Lipinski definition) is 1. The van der Waals surface area contributed by atoms with Crippen LogP contribution in [0.2, 0.25) is 10.0 Å². The van der Waals surface area contributed by atoms with Crippen LogP contribution in [0, 0.1) is 0 Å². The second-order valence-electron chi connectivity index (χ2n) is 10.4. The Kier molecular flexibility index (Phi) is 8.85. The second kappa shape index (κ2) is 12.1. The van der Waals surface area contributed by atoms with Gasteiger partial charge < -0.3 is 19.7 Å². The monoisotopic (exact) mass is 554 g/mol. The maximum Gasteiger partial charge on any atom is 0.243 e. The summed E-state index contributed by atoms with van der Waals surface area (Å²) in [5, 5.41) is 3.90. The fraction of sp³-hybridized carbons (Fsp3) is 0.333. The third-order valence-electron chi connectivity index (χ3n) is 6.17. The lowest BCUT2D eigenvalue weighted by Crippen LogP contribution is -2.54. The fourth-order valence-electron chi connectivity index (χ4n) is 4.33. The van der Waals surface area contributed by atoms with Crippen LogP contribution in [0.25, 0.3) is 0 Å². The standard InChI is InChI=1S/C30H32Cl2N2O4/c1-30(2,3)33-29(36)25(16-20-7-5-4-6-8-20)34(18-22-9-12-23(31)24(32)15-22)28(35)14-11-21-10-13-26-27(17-21)38-19-37-26/h4-10,12-13,15,17,25H,11,14,16,18-19H2,1-3H3,(H,33,36). The van der Waals surface area contributed by atoms with Crippen LogP contribution in [0.5, 0.6) is 11.5 Å². The Morgan fingerprint density at radius 2 is 1.61 bits per heavy atom. The highest BCUT2D eigenvalue weighted by atomic mass is 35.5. The second-order valence-corrected chi connectivity index (χ2v) is 11.2. The van der Waals surface area contributed by atoms with Crippen LogP contribution >= 0.6 is 23.2 Å². The van der Waals surface area contributed by atoms with Crippen molar-refractivity contribution in [2.24, 2.45) is 0 Å². The van der Waals surface area contributed by atoms with Gasteiger partial charge in [0, 0.05) is 24.9 Å². The van der Waals surface area contributed by atoms with Crippen molar-refractivity contribution in [3.05, 3.63) is 93.5 Å². The zero-order valence-electron chi connectivity index (χ0n) is 21.8. The van der Waals surface area contributed by atoms with Gasteiger partial charge >= 0.3 is 0 Å². The SMILES string of the molecule is CC(C)(C)NC(=O)C(Cc1ccccc1)N(Cc1ccc(Cl)c(Cl)c1)C(=O)CCc1ccc2c(c1)OCO2. The van der Waals surface area contributed by atoms with E-state index in [2.05, 4.69) is 5.32 Å². The number of carbonyl (C=O) groups is 2. The Balaban J connectivity index is 1.63. The Labute approximate surface area is 233 Å². The highest BCUT2D eigenvalue weighted by Crippen LogP contribution is 2.33. The topological polar surface area (TPSA) is 67.9 Å². The van der Waals surface area contributed by atoms with Gasteiger partial charge in [-0.1, -0.05) is 65.7 Å². The van der Waals surface area contributed by atoms with Gasteiger partial charge in [0.1, 0.15) is 6.04 Å². The smallest absolute Gasteiger partial charge is 0.243 e. The van der Waals surface area contributed by atoms with Crippen molar-refractivity contribution in [1.29, 1.82) is 0 Å². The van der Waals surface area contributed by atoms with Crippen LogP contribution in [-0.4, -0.2) is 35.1 Å². The summed E-state index contributed by atoms with van der Waals surface area (Å²) in [6.07, 6.45) is 1.08. The molecule has 0 fully saturated rings. The number of hydrogen-bond acceptors (Lipinski definition) is 4. The van der Waals surface area contributed by atoms with Gasteiger partial charge in [-0.3, -0.25) is 9.59 Å². The molecule has 0 saturated heterocycles. The molecule has 2 amide bonds. The minimum atomic E-state index is -0.727. The van der Waals surface area contributed by atoms with Gasteiger partial charge in [0.15, 0.2) is 11.5 Å². The van der Waals surface area contributed by atoms with E-state index in [1.165, 1.54) is 0 Å². The summed E-state index contributed by atoms with van der Waals surface area (Å²) in [4.78, 5) is 29.1. The molecule has 1 aliphatic heterocycles. The van der Waals surface area contributed by atoms with E-state index in [0.717, 1.165) is 16.7 Å². The predicted octanol–water partition coefficient (Wildman–Crippen LogP) is 6.21. The molecule has 0 bridgehead atoms. The lowest BCUT2D eigenvalue weighted by molar-refractivity contribution is -0.141. The van der Waals surface area contributed by atoms with Gasteiger partial charge in [-0.2, -0.15) is 0 Å². The molecule has 0 spiro atoms. The molecule has 38 heavy (non-hydrogen) atoms. The maximum absolute atomic E-state index is 13.8. The van der Waals surface area contributed by atoms with E-state index in [-0.39, 0.29) is 31.6 Å². The zero-order valence-corrected chi connectivity index (χ0v) is 23.3. The average molecular weight is 556 g/mol. The van der Waals surface area contributed by atoms with E-state index >= 15 is 0 Å². The van der Waals surface area contributed by atoms with Crippen molar-refractivity contribution in [2.75, 3.05) is 6.79 Å². The predicted molar refractivity (Wildman–Crippen MR) is 150 cm³/mol. The molecule has 200 valence electrons. The van der Waals surface area contributed by atoms with Gasteiger partial charge in [0.05, 0.1) is 10.0 Å². The number of ether oxygens (including phenoxy) is 2. The molecule has 0 saturated carbocycles. The van der Waals surface area contributed by atoms with E-state index in [1.54, 1.807) is 17.0 Å². The number of nitrogens with one attached hydrogen (secondary N) is 1. The largest absolute Gasteiger partial charge is 0.454 e. The lowest BCUT2D eigenvalue weighted by atomic mass is 9.99. The zero-order chi connectivity index (χ0) is 27.3. The highest BCUT2D eigenvalue weighted by molar-refractivity contribution is 6.42. The minimum Gasteiger partial charge on any atom is -0.454 e. The summed E-state index contributed by atoms with van der Waals surface area (Å²) in [6.45, 7) is 6.19. The van der Waals surface area contributed by atoms with Crippen molar-refractivity contribution in [2.45, 2.75) is 58.2 Å². The molecular formula is C30H32Cl2N2O4.